The van der Waals surface area contributed by atoms with Crippen molar-refractivity contribution in [3.63, 3.8) is 0 Å². The van der Waals surface area contributed by atoms with E-state index in [1.165, 1.54) is 11.3 Å². The molecule has 1 aromatic rings. The molecular formula is C8H13N3OS2. The Balaban J connectivity index is 1.87. The highest BCUT2D eigenvalue weighted by molar-refractivity contribution is 7.99. The summed E-state index contributed by atoms with van der Waals surface area (Å²) < 4.78 is 0. The van der Waals surface area contributed by atoms with E-state index >= 15 is 0 Å². The van der Waals surface area contributed by atoms with Gasteiger partial charge in [-0.1, -0.05) is 11.3 Å². The minimum atomic E-state index is -0.551. The van der Waals surface area contributed by atoms with Crippen LogP contribution in [0.15, 0.2) is 0 Å². The average molecular weight is 231 g/mol. The van der Waals surface area contributed by atoms with Gasteiger partial charge < -0.3 is 10.4 Å². The summed E-state index contributed by atoms with van der Waals surface area (Å²) in [6.45, 7) is 2.50. The first-order valence-electron chi connectivity index (χ1n) is 4.52. The number of hydrogen-bond donors (Lipinski definition) is 2. The van der Waals surface area contributed by atoms with Crippen molar-refractivity contribution >= 4 is 28.2 Å². The fourth-order valence-corrected chi connectivity index (χ4v) is 3.23. The van der Waals surface area contributed by atoms with Crippen molar-refractivity contribution in [3.05, 3.63) is 5.01 Å². The molecule has 6 heteroatoms. The van der Waals surface area contributed by atoms with Crippen molar-refractivity contribution in [2.24, 2.45) is 0 Å². The third kappa shape index (κ3) is 2.37. The Morgan fingerprint density at radius 1 is 1.57 bits per heavy atom. The predicted octanol–water partition coefficient (Wildman–Crippen LogP) is 1.13. The topological polar surface area (TPSA) is 58.0 Å². The molecule has 2 heterocycles. The zero-order valence-electron chi connectivity index (χ0n) is 7.99. The molecule has 0 amide bonds. The van der Waals surface area contributed by atoms with Crippen LogP contribution in [-0.2, 0) is 0 Å². The minimum Gasteiger partial charge on any atom is -0.387 e. The third-order valence-electron chi connectivity index (χ3n) is 2.18. The monoisotopic (exact) mass is 231 g/mol. The lowest BCUT2D eigenvalue weighted by molar-refractivity contribution is 0.0820. The van der Waals surface area contributed by atoms with Crippen molar-refractivity contribution in [2.45, 2.75) is 18.9 Å². The van der Waals surface area contributed by atoms with E-state index in [9.17, 15) is 5.11 Å². The highest BCUT2D eigenvalue weighted by atomic mass is 32.2. The number of nitrogens with one attached hydrogen (secondary N) is 1. The van der Waals surface area contributed by atoms with E-state index in [2.05, 4.69) is 15.5 Å². The molecule has 2 N–H and O–H groups in total. The van der Waals surface area contributed by atoms with E-state index in [1.807, 2.05) is 6.92 Å². The first kappa shape index (κ1) is 10.2. The maximum absolute atomic E-state index is 10.0. The first-order chi connectivity index (χ1) is 6.68. The molecule has 1 atom stereocenters. The lowest BCUT2D eigenvalue weighted by Crippen LogP contribution is -2.36. The second-order valence-corrected chi connectivity index (χ2v) is 5.79. The van der Waals surface area contributed by atoms with Crippen LogP contribution in [0.4, 0.5) is 5.13 Å². The lowest BCUT2D eigenvalue weighted by atomic mass is 10.0. The molecule has 1 aromatic heterocycles. The van der Waals surface area contributed by atoms with Crippen LogP contribution in [0.5, 0.6) is 0 Å². The largest absolute Gasteiger partial charge is 0.387 e. The van der Waals surface area contributed by atoms with E-state index in [1.54, 1.807) is 11.8 Å². The lowest BCUT2D eigenvalue weighted by Gasteiger charge is -2.20. The molecule has 78 valence electrons. The molecule has 14 heavy (non-hydrogen) atoms. The smallest absolute Gasteiger partial charge is 0.205 e. The van der Waals surface area contributed by atoms with Gasteiger partial charge in [-0.15, -0.1) is 10.2 Å². The van der Waals surface area contributed by atoms with E-state index in [0.29, 0.717) is 6.54 Å². The van der Waals surface area contributed by atoms with Gasteiger partial charge in [0.25, 0.3) is 0 Å². The van der Waals surface area contributed by atoms with Crippen LogP contribution in [-0.4, -0.2) is 39.0 Å². The standard InChI is InChI=1S/C8H13N3OS2/c1-6-10-11-7(14-6)9-4-8(12)2-3-13-5-8/h12H,2-5H2,1H3,(H,9,11). The van der Waals surface area contributed by atoms with Crippen LogP contribution < -0.4 is 5.32 Å². The van der Waals surface area contributed by atoms with Gasteiger partial charge in [0.15, 0.2) is 0 Å². The molecule has 0 spiro atoms. The highest BCUT2D eigenvalue weighted by Gasteiger charge is 2.31. The number of anilines is 1. The minimum absolute atomic E-state index is 0.551. The Labute approximate surface area is 91.1 Å². The summed E-state index contributed by atoms with van der Waals surface area (Å²) in [6.07, 6.45) is 0.864. The number of rotatable bonds is 3. The average Bonchev–Trinajstić information content (AvgIpc) is 2.73. The highest BCUT2D eigenvalue weighted by Crippen LogP contribution is 2.28. The van der Waals surface area contributed by atoms with Crippen molar-refractivity contribution in [3.8, 4) is 0 Å². The summed E-state index contributed by atoms with van der Waals surface area (Å²) in [5, 5.41) is 22.8. The number of aryl methyl sites for hydroxylation is 1. The molecular weight excluding hydrogens is 218 g/mol. The molecule has 1 fully saturated rings. The van der Waals surface area contributed by atoms with Gasteiger partial charge in [0, 0.05) is 12.3 Å². The summed E-state index contributed by atoms with van der Waals surface area (Å²) in [5.41, 5.74) is -0.551. The van der Waals surface area contributed by atoms with Crippen LogP contribution in [0, 0.1) is 6.92 Å². The first-order valence-corrected chi connectivity index (χ1v) is 6.49. The molecule has 0 aliphatic carbocycles. The number of hydrogen-bond acceptors (Lipinski definition) is 6. The molecule has 1 saturated heterocycles. The maximum Gasteiger partial charge on any atom is 0.205 e. The maximum atomic E-state index is 10.0. The van der Waals surface area contributed by atoms with Crippen molar-refractivity contribution in [1.82, 2.24) is 10.2 Å². The van der Waals surface area contributed by atoms with Crippen molar-refractivity contribution in [1.29, 1.82) is 0 Å². The van der Waals surface area contributed by atoms with Crippen LogP contribution in [0.1, 0.15) is 11.4 Å². The predicted molar refractivity (Wildman–Crippen MR) is 60.0 cm³/mol. The summed E-state index contributed by atoms with van der Waals surface area (Å²) in [5.74, 6) is 1.87. The number of aliphatic hydroxyl groups is 1. The Morgan fingerprint density at radius 2 is 2.43 bits per heavy atom. The number of aromatic nitrogens is 2. The van der Waals surface area contributed by atoms with Gasteiger partial charge in [0.05, 0.1) is 5.60 Å². The summed E-state index contributed by atoms with van der Waals surface area (Å²) >= 11 is 3.32. The summed E-state index contributed by atoms with van der Waals surface area (Å²) in [6, 6.07) is 0. The zero-order chi connectivity index (χ0) is 10.0. The quantitative estimate of drug-likeness (QED) is 0.816. The SMILES string of the molecule is Cc1nnc(NCC2(O)CCSC2)s1. The van der Waals surface area contributed by atoms with Crippen molar-refractivity contribution < 1.29 is 5.11 Å². The van der Waals surface area contributed by atoms with Gasteiger partial charge in [-0.05, 0) is 19.1 Å². The number of thioether (sulfide) groups is 1. The molecule has 1 aliphatic rings. The Kier molecular flexibility index (Phi) is 2.94. The second kappa shape index (κ2) is 4.04. The second-order valence-electron chi connectivity index (χ2n) is 3.51. The molecule has 0 radical (unpaired) electrons. The molecule has 4 nitrogen and oxygen atoms in total. The van der Waals surface area contributed by atoms with E-state index < -0.39 is 5.60 Å². The molecule has 2 rings (SSSR count). The third-order valence-corrected chi connectivity index (χ3v) is 4.21. The van der Waals surface area contributed by atoms with Gasteiger partial charge in [0.2, 0.25) is 5.13 Å². The fraction of sp³-hybridized carbons (Fsp3) is 0.750. The Bertz CT molecular complexity index is 309. The fourth-order valence-electron chi connectivity index (χ4n) is 1.34. The van der Waals surface area contributed by atoms with Gasteiger partial charge >= 0.3 is 0 Å². The molecule has 1 aliphatic heterocycles. The molecule has 1 unspecified atom stereocenters. The van der Waals surface area contributed by atoms with Gasteiger partial charge in [-0.25, -0.2) is 0 Å². The normalized spacial score (nSPS) is 26.7. The molecule has 0 bridgehead atoms. The zero-order valence-corrected chi connectivity index (χ0v) is 9.62. The Morgan fingerprint density at radius 3 is 3.00 bits per heavy atom. The summed E-state index contributed by atoms with van der Waals surface area (Å²) in [4.78, 5) is 0. The van der Waals surface area contributed by atoms with Gasteiger partial charge in [-0.2, -0.15) is 11.8 Å². The van der Waals surface area contributed by atoms with Crippen LogP contribution >= 0.6 is 23.1 Å². The Hall–Kier alpha value is -0.330. The van der Waals surface area contributed by atoms with Crippen molar-refractivity contribution in [2.75, 3.05) is 23.4 Å². The molecule has 0 saturated carbocycles. The van der Waals surface area contributed by atoms with Crippen LogP contribution in [0.2, 0.25) is 0 Å². The van der Waals surface area contributed by atoms with E-state index in [-0.39, 0.29) is 0 Å². The summed E-state index contributed by atoms with van der Waals surface area (Å²) in [7, 11) is 0. The number of nitrogens with zero attached hydrogens (tertiary/aromatic N) is 2. The molecule has 0 aromatic carbocycles. The van der Waals surface area contributed by atoms with Crippen LogP contribution in [0.25, 0.3) is 0 Å². The van der Waals surface area contributed by atoms with E-state index in [4.69, 9.17) is 0 Å². The van der Waals surface area contributed by atoms with Gasteiger partial charge in [0.1, 0.15) is 5.01 Å². The van der Waals surface area contributed by atoms with Crippen LogP contribution in [0.3, 0.4) is 0 Å². The van der Waals surface area contributed by atoms with Gasteiger partial charge in [-0.3, -0.25) is 0 Å². The van der Waals surface area contributed by atoms with E-state index in [0.717, 1.165) is 28.1 Å².